The maximum absolute atomic E-state index is 12.5. The smallest absolute Gasteiger partial charge is 0.229 e. The van der Waals surface area contributed by atoms with Crippen LogP contribution in [0.1, 0.15) is 133 Å². The number of rotatable bonds is 27. The summed E-state index contributed by atoms with van der Waals surface area (Å²) in [5, 5.41) is 37.7. The Morgan fingerprint density at radius 1 is 0.745 bits per heavy atom. The van der Waals surface area contributed by atoms with Crippen LogP contribution in [0.2, 0.25) is 0 Å². The molecule has 0 saturated carbocycles. The molecule has 0 aliphatic heterocycles. The Balaban J connectivity index is 1.25. The molecular weight excluding hydrogens is 713 g/mol. The van der Waals surface area contributed by atoms with Gasteiger partial charge in [0.25, 0.3) is 0 Å². The SMILES string of the molecule is CC(C)N(CC[C@H](c1ccccc1)c1cc(CCCNC(=O)CCCCCCCCCCNC[C@H](O)c2ccc(O)c(NS(C)(=O)=O)c2)ccc1O)C(C)C. The van der Waals surface area contributed by atoms with E-state index in [9.17, 15) is 28.5 Å². The molecule has 2 atom stereocenters. The van der Waals surface area contributed by atoms with Crippen LogP contribution in [0.4, 0.5) is 5.69 Å². The number of amides is 1. The van der Waals surface area contributed by atoms with Gasteiger partial charge in [-0.1, -0.05) is 87.1 Å². The number of aromatic hydroxyl groups is 2. The van der Waals surface area contributed by atoms with Gasteiger partial charge in [0.15, 0.2) is 0 Å². The Labute approximate surface area is 331 Å². The van der Waals surface area contributed by atoms with E-state index in [1.165, 1.54) is 23.3 Å². The van der Waals surface area contributed by atoms with E-state index >= 15 is 0 Å². The topological polar surface area (TPSA) is 151 Å². The molecule has 0 spiro atoms. The molecular formula is C44H68N4O6S. The highest BCUT2D eigenvalue weighted by molar-refractivity contribution is 7.92. The lowest BCUT2D eigenvalue weighted by Crippen LogP contribution is -2.38. The maximum atomic E-state index is 12.5. The number of aliphatic hydroxyl groups is 1. The summed E-state index contributed by atoms with van der Waals surface area (Å²) in [4.78, 5) is 15.0. The average molecular weight is 781 g/mol. The number of aliphatic hydroxyl groups excluding tert-OH is 1. The van der Waals surface area contributed by atoms with Crippen LogP contribution in [0, 0.1) is 0 Å². The van der Waals surface area contributed by atoms with Crippen molar-refractivity contribution in [3.05, 3.63) is 89.0 Å². The normalized spacial score (nSPS) is 13.0. The first-order valence-electron chi connectivity index (χ1n) is 20.3. The van der Waals surface area contributed by atoms with E-state index < -0.39 is 16.1 Å². The summed E-state index contributed by atoms with van der Waals surface area (Å²) in [5.41, 5.74) is 3.93. The molecule has 0 radical (unpaired) electrons. The molecule has 10 nitrogen and oxygen atoms in total. The highest BCUT2D eigenvalue weighted by Gasteiger charge is 2.22. The Hall–Kier alpha value is -3.64. The molecule has 0 saturated heterocycles. The number of phenols is 2. The van der Waals surface area contributed by atoms with E-state index in [2.05, 4.69) is 78.3 Å². The van der Waals surface area contributed by atoms with Crippen molar-refractivity contribution in [2.75, 3.05) is 37.2 Å². The van der Waals surface area contributed by atoms with E-state index in [0.717, 1.165) is 95.5 Å². The van der Waals surface area contributed by atoms with Crippen molar-refractivity contribution < 1.29 is 28.5 Å². The summed E-state index contributed by atoms with van der Waals surface area (Å²) in [7, 11) is -3.54. The molecule has 3 aromatic carbocycles. The molecule has 3 aromatic rings. The van der Waals surface area contributed by atoms with Crippen LogP contribution >= 0.6 is 0 Å². The maximum Gasteiger partial charge on any atom is 0.229 e. The van der Waals surface area contributed by atoms with E-state index in [1.54, 1.807) is 6.07 Å². The number of anilines is 1. The summed E-state index contributed by atoms with van der Waals surface area (Å²) in [6.07, 6.45) is 12.0. The lowest BCUT2D eigenvalue weighted by molar-refractivity contribution is -0.121. The lowest BCUT2D eigenvalue weighted by Gasteiger charge is -2.32. The van der Waals surface area contributed by atoms with Crippen molar-refractivity contribution in [1.82, 2.24) is 15.5 Å². The summed E-state index contributed by atoms with van der Waals surface area (Å²) < 4.78 is 25.3. The van der Waals surface area contributed by atoms with E-state index in [0.29, 0.717) is 42.9 Å². The first-order chi connectivity index (χ1) is 26.2. The molecule has 1 amide bonds. The highest BCUT2D eigenvalue weighted by atomic mass is 32.2. The Morgan fingerprint density at radius 3 is 2.04 bits per heavy atom. The van der Waals surface area contributed by atoms with Crippen LogP contribution in [0.25, 0.3) is 0 Å². The molecule has 0 heterocycles. The van der Waals surface area contributed by atoms with Gasteiger partial charge in [-0.15, -0.1) is 0 Å². The van der Waals surface area contributed by atoms with Crippen molar-refractivity contribution >= 4 is 21.6 Å². The zero-order valence-electron chi connectivity index (χ0n) is 33.9. The van der Waals surface area contributed by atoms with Gasteiger partial charge in [-0.05, 0) is 108 Å². The van der Waals surface area contributed by atoms with E-state index in [-0.39, 0.29) is 23.3 Å². The number of benzene rings is 3. The Kier molecular flexibility index (Phi) is 20.0. The summed E-state index contributed by atoms with van der Waals surface area (Å²) in [6, 6.07) is 21.8. The third kappa shape index (κ3) is 17.4. The summed E-state index contributed by atoms with van der Waals surface area (Å²) in [6.45, 7) is 11.7. The third-order valence-corrected chi connectivity index (χ3v) is 10.8. The van der Waals surface area contributed by atoms with Gasteiger partial charge in [0.1, 0.15) is 11.5 Å². The number of nitrogens with one attached hydrogen (secondary N) is 3. The number of carbonyl (C=O) groups excluding carboxylic acids is 1. The molecule has 0 aliphatic rings. The number of aryl methyl sites for hydroxylation is 1. The van der Waals surface area contributed by atoms with Crippen molar-refractivity contribution in [2.45, 2.75) is 129 Å². The van der Waals surface area contributed by atoms with Crippen LogP contribution in [0.15, 0.2) is 66.7 Å². The first-order valence-corrected chi connectivity index (χ1v) is 22.2. The molecule has 306 valence electrons. The van der Waals surface area contributed by atoms with Gasteiger partial charge in [-0.25, -0.2) is 8.42 Å². The predicted molar refractivity (Wildman–Crippen MR) is 225 cm³/mol. The van der Waals surface area contributed by atoms with Gasteiger partial charge in [0.05, 0.1) is 18.0 Å². The quantitative estimate of drug-likeness (QED) is 0.0337. The van der Waals surface area contributed by atoms with E-state index in [1.807, 2.05) is 18.2 Å². The molecule has 11 heteroatoms. The molecule has 3 rings (SSSR count). The number of carbonyl (C=O) groups is 1. The molecule has 0 fully saturated rings. The second kappa shape index (κ2) is 24.1. The van der Waals surface area contributed by atoms with Crippen LogP contribution in [0.5, 0.6) is 11.5 Å². The fourth-order valence-electron chi connectivity index (χ4n) is 7.22. The van der Waals surface area contributed by atoms with Gasteiger partial charge in [-0.2, -0.15) is 0 Å². The predicted octanol–water partition coefficient (Wildman–Crippen LogP) is 7.99. The van der Waals surface area contributed by atoms with Gasteiger partial charge < -0.3 is 26.0 Å². The zero-order valence-corrected chi connectivity index (χ0v) is 34.7. The Morgan fingerprint density at radius 2 is 1.38 bits per heavy atom. The van der Waals surface area contributed by atoms with Crippen LogP contribution in [0.3, 0.4) is 0 Å². The summed E-state index contributed by atoms with van der Waals surface area (Å²) in [5.74, 6) is 0.359. The number of hydrogen-bond acceptors (Lipinski definition) is 8. The molecule has 6 N–H and O–H groups in total. The van der Waals surface area contributed by atoms with Gasteiger partial charge in [-0.3, -0.25) is 14.4 Å². The van der Waals surface area contributed by atoms with Gasteiger partial charge in [0, 0.05) is 43.1 Å². The number of unbranched alkanes of at least 4 members (excludes halogenated alkanes) is 7. The standard InChI is InChI=1S/C44H68N4O6S/c1-33(2)48(34(3)4)29-26-38(36-19-13-12-14-20-36)39-30-35(22-24-41(39)49)18-17-28-46-44(52)21-15-10-8-6-7-9-11-16-27-45-32-43(51)37-23-25-42(50)40(31-37)47-55(5,53)54/h12-14,19-20,22-25,30-31,33-34,38,43,45,47,49-51H,6-11,15-18,21,26-29,32H2,1-5H3,(H,46,52)/t38-,43+/m1/s1. The van der Waals surface area contributed by atoms with Crippen molar-refractivity contribution in [2.24, 2.45) is 0 Å². The minimum atomic E-state index is -3.54. The molecule has 0 aromatic heterocycles. The zero-order chi connectivity index (χ0) is 40.2. The van der Waals surface area contributed by atoms with Crippen LogP contribution < -0.4 is 15.4 Å². The first kappa shape index (κ1) is 45.7. The second-order valence-electron chi connectivity index (χ2n) is 15.5. The fraction of sp³-hybridized carbons (Fsp3) is 0.568. The second-order valence-corrected chi connectivity index (χ2v) is 17.2. The monoisotopic (exact) mass is 780 g/mol. The largest absolute Gasteiger partial charge is 0.508 e. The number of nitrogens with zero attached hydrogens (tertiary/aromatic N) is 1. The van der Waals surface area contributed by atoms with Crippen molar-refractivity contribution in [1.29, 1.82) is 0 Å². The third-order valence-electron chi connectivity index (χ3n) is 10.2. The van der Waals surface area contributed by atoms with E-state index in [4.69, 9.17) is 0 Å². The minimum absolute atomic E-state index is 0.0497. The fourth-order valence-corrected chi connectivity index (χ4v) is 7.78. The van der Waals surface area contributed by atoms with Gasteiger partial charge in [0.2, 0.25) is 15.9 Å². The number of sulfonamides is 1. The molecule has 0 unspecified atom stereocenters. The van der Waals surface area contributed by atoms with Crippen LogP contribution in [-0.2, 0) is 21.2 Å². The van der Waals surface area contributed by atoms with Crippen LogP contribution in [-0.4, -0.2) is 79.1 Å². The molecule has 0 bridgehead atoms. The highest BCUT2D eigenvalue weighted by Crippen LogP contribution is 2.35. The molecule has 0 aliphatic carbocycles. The number of phenolic OH excluding ortho intramolecular Hbond substituents is 2. The minimum Gasteiger partial charge on any atom is -0.508 e. The Bertz CT molecular complexity index is 1660. The van der Waals surface area contributed by atoms with Crippen molar-refractivity contribution in [3.8, 4) is 11.5 Å². The molecule has 55 heavy (non-hydrogen) atoms. The van der Waals surface area contributed by atoms with Crippen molar-refractivity contribution in [3.63, 3.8) is 0 Å². The summed E-state index contributed by atoms with van der Waals surface area (Å²) >= 11 is 0. The lowest BCUT2D eigenvalue weighted by atomic mass is 9.86. The van der Waals surface area contributed by atoms with Gasteiger partial charge >= 0.3 is 0 Å². The number of hydrogen-bond donors (Lipinski definition) is 6. The average Bonchev–Trinajstić information content (AvgIpc) is 3.13.